The van der Waals surface area contributed by atoms with E-state index in [-0.39, 0.29) is 18.0 Å². The van der Waals surface area contributed by atoms with Gasteiger partial charge in [-0.25, -0.2) is 9.78 Å². The maximum atomic E-state index is 13.0. The predicted molar refractivity (Wildman–Crippen MR) is 156 cm³/mol. The summed E-state index contributed by atoms with van der Waals surface area (Å²) in [7, 11) is 3.74. The summed E-state index contributed by atoms with van der Waals surface area (Å²) >= 11 is 0. The number of rotatable bonds is 7. The van der Waals surface area contributed by atoms with Crippen LogP contribution in [0.15, 0.2) is 67.0 Å². The Bertz CT molecular complexity index is 1500. The van der Waals surface area contributed by atoms with Gasteiger partial charge in [-0.3, -0.25) is 9.36 Å². The van der Waals surface area contributed by atoms with E-state index in [4.69, 9.17) is 9.47 Å². The predicted octanol–water partition coefficient (Wildman–Crippen LogP) is 5.86. The fourth-order valence-electron chi connectivity index (χ4n) is 4.97. The lowest BCUT2D eigenvalue weighted by Crippen LogP contribution is -2.29. The molecule has 0 saturated carbocycles. The molecule has 1 fully saturated rings. The number of nitrogens with one attached hydrogen (secondary N) is 2. The van der Waals surface area contributed by atoms with Crippen LogP contribution in [0.3, 0.4) is 0 Å². The number of carbonyl (C=O) groups is 2. The van der Waals surface area contributed by atoms with Crippen LogP contribution in [-0.2, 0) is 0 Å². The maximum absolute atomic E-state index is 13.0. The molecule has 208 valence electrons. The lowest BCUT2D eigenvalue weighted by molar-refractivity contribution is 0.102. The first kappa shape index (κ1) is 27.2. The number of likely N-dealkylation sites (tertiary alicyclic amines) is 1. The van der Waals surface area contributed by atoms with Gasteiger partial charge >= 0.3 is 6.03 Å². The van der Waals surface area contributed by atoms with Crippen molar-refractivity contribution in [3.05, 3.63) is 78.1 Å². The van der Waals surface area contributed by atoms with Gasteiger partial charge in [-0.2, -0.15) is 0 Å². The molecule has 5 rings (SSSR count). The Morgan fingerprint density at radius 3 is 2.45 bits per heavy atom. The first-order valence-electron chi connectivity index (χ1n) is 13.6. The molecule has 3 heterocycles. The van der Waals surface area contributed by atoms with Crippen molar-refractivity contribution in [2.75, 3.05) is 32.5 Å². The first-order chi connectivity index (χ1) is 19.3. The van der Waals surface area contributed by atoms with Gasteiger partial charge in [-0.1, -0.05) is 12.1 Å². The average Bonchev–Trinajstić information content (AvgIpc) is 3.36. The summed E-state index contributed by atoms with van der Waals surface area (Å²) in [6, 6.07) is 16.5. The largest absolute Gasteiger partial charge is 0.487 e. The maximum Gasteiger partial charge on any atom is 0.325 e. The van der Waals surface area contributed by atoms with Crippen molar-refractivity contribution < 1.29 is 19.1 Å². The molecule has 0 spiro atoms. The number of hydrogen-bond acceptors (Lipinski definition) is 6. The molecular formula is C31H35N5O4. The summed E-state index contributed by atoms with van der Waals surface area (Å²) < 4.78 is 13.7. The average molecular weight is 542 g/mol. The Morgan fingerprint density at radius 2 is 1.75 bits per heavy atom. The van der Waals surface area contributed by atoms with Gasteiger partial charge in [0, 0.05) is 42.5 Å². The second kappa shape index (κ2) is 11.8. The third kappa shape index (κ3) is 6.10. The van der Waals surface area contributed by atoms with E-state index in [1.54, 1.807) is 37.6 Å². The van der Waals surface area contributed by atoms with E-state index >= 15 is 0 Å². The molecule has 9 heteroatoms. The van der Waals surface area contributed by atoms with Crippen LogP contribution >= 0.6 is 0 Å². The minimum absolute atomic E-state index is 0.110. The summed E-state index contributed by atoms with van der Waals surface area (Å²) in [4.78, 5) is 31.9. The van der Waals surface area contributed by atoms with E-state index in [1.807, 2.05) is 38.1 Å². The van der Waals surface area contributed by atoms with Gasteiger partial charge in [0.2, 0.25) is 0 Å². The molecular weight excluding hydrogens is 506 g/mol. The molecule has 0 radical (unpaired) electrons. The zero-order chi connectivity index (χ0) is 28.2. The number of amides is 2. The number of ether oxygens (including phenoxy) is 2. The molecule has 0 aliphatic carbocycles. The molecule has 1 aliphatic heterocycles. The Hall–Kier alpha value is -4.37. The first-order valence-corrected chi connectivity index (χ1v) is 13.6. The standard InChI is InChI=1S/C31H35N5O4/c1-20(2)39-28-19-26-24(12-16-36(26)31(38)32-3)17-27(28)40-25-9-13-33-29(18-25)34-30(37)23-7-5-21(6-8-23)22-10-14-35(4)15-11-22/h5-9,12-13,16-20,22H,10-11,14-15H2,1-4H3,(H,32,38)(H,33,34,37). The van der Waals surface area contributed by atoms with Crippen molar-refractivity contribution in [3.63, 3.8) is 0 Å². The van der Waals surface area contributed by atoms with Gasteiger partial charge in [0.05, 0.1) is 11.6 Å². The van der Waals surface area contributed by atoms with E-state index in [0.29, 0.717) is 40.1 Å². The number of piperidine rings is 1. The summed E-state index contributed by atoms with van der Waals surface area (Å²) in [5, 5.41) is 6.33. The highest BCUT2D eigenvalue weighted by Crippen LogP contribution is 2.37. The molecule has 2 N–H and O–H groups in total. The molecule has 0 unspecified atom stereocenters. The Morgan fingerprint density at radius 1 is 1.00 bits per heavy atom. The Kier molecular flexibility index (Phi) is 8.02. The third-order valence-electron chi connectivity index (χ3n) is 7.11. The van der Waals surface area contributed by atoms with Gasteiger partial charge in [0.15, 0.2) is 11.5 Å². The van der Waals surface area contributed by atoms with Crippen LogP contribution in [0.1, 0.15) is 48.5 Å². The molecule has 9 nitrogen and oxygen atoms in total. The molecule has 0 atom stereocenters. The number of hydrogen-bond donors (Lipinski definition) is 2. The number of nitrogens with zero attached hydrogens (tertiary/aromatic N) is 3. The second-order valence-corrected chi connectivity index (χ2v) is 10.4. The SMILES string of the molecule is CNC(=O)n1ccc2cc(Oc3ccnc(NC(=O)c4ccc(C5CCN(C)CC5)cc4)c3)c(OC(C)C)cc21. The third-order valence-corrected chi connectivity index (χ3v) is 7.11. The Balaban J connectivity index is 1.32. The van der Waals surface area contributed by atoms with E-state index in [2.05, 4.69) is 39.7 Å². The van der Waals surface area contributed by atoms with Crippen LogP contribution in [0.2, 0.25) is 0 Å². The van der Waals surface area contributed by atoms with E-state index in [9.17, 15) is 9.59 Å². The van der Waals surface area contributed by atoms with Gasteiger partial charge in [-0.15, -0.1) is 0 Å². The number of fused-ring (bicyclic) bond motifs is 1. The number of pyridine rings is 1. The highest BCUT2D eigenvalue weighted by atomic mass is 16.5. The highest BCUT2D eigenvalue weighted by Gasteiger charge is 2.19. The minimum Gasteiger partial charge on any atom is -0.487 e. The van der Waals surface area contributed by atoms with Gasteiger partial charge in [0.1, 0.15) is 11.6 Å². The summed E-state index contributed by atoms with van der Waals surface area (Å²) in [6.45, 7) is 6.04. The second-order valence-electron chi connectivity index (χ2n) is 10.4. The lowest BCUT2D eigenvalue weighted by atomic mass is 9.89. The van der Waals surface area contributed by atoms with Gasteiger partial charge in [0.25, 0.3) is 5.91 Å². The molecule has 2 amide bonds. The minimum atomic E-state index is -0.245. The quantitative estimate of drug-likeness (QED) is 0.304. The normalized spacial score (nSPS) is 14.3. The number of aromatic nitrogens is 2. The van der Waals surface area contributed by atoms with Crippen molar-refractivity contribution in [2.24, 2.45) is 0 Å². The highest BCUT2D eigenvalue weighted by molar-refractivity contribution is 6.03. The van der Waals surface area contributed by atoms with E-state index in [1.165, 1.54) is 10.1 Å². The molecule has 0 bridgehead atoms. The van der Waals surface area contributed by atoms with Crippen LogP contribution in [0.4, 0.5) is 10.6 Å². The fourth-order valence-corrected chi connectivity index (χ4v) is 4.97. The monoisotopic (exact) mass is 541 g/mol. The molecule has 2 aromatic carbocycles. The van der Waals surface area contributed by atoms with Crippen LogP contribution < -0.4 is 20.1 Å². The van der Waals surface area contributed by atoms with Crippen LogP contribution in [0.5, 0.6) is 17.2 Å². The summed E-state index contributed by atoms with van der Waals surface area (Å²) in [5.74, 6) is 2.15. The zero-order valence-electron chi connectivity index (χ0n) is 23.3. The van der Waals surface area contributed by atoms with Crippen LogP contribution in [-0.4, -0.2) is 59.7 Å². The molecule has 1 aliphatic rings. The van der Waals surface area contributed by atoms with E-state index < -0.39 is 0 Å². The number of carbonyl (C=O) groups excluding carboxylic acids is 2. The summed E-state index contributed by atoms with van der Waals surface area (Å²) in [6.07, 6.45) is 5.44. The van der Waals surface area contributed by atoms with Gasteiger partial charge < -0.3 is 25.0 Å². The van der Waals surface area contributed by atoms with Crippen molar-refractivity contribution in [2.45, 2.75) is 38.7 Å². The molecule has 40 heavy (non-hydrogen) atoms. The number of anilines is 1. The topological polar surface area (TPSA) is 97.7 Å². The Labute approximate surface area is 234 Å². The van der Waals surface area contributed by atoms with Crippen LogP contribution in [0, 0.1) is 0 Å². The van der Waals surface area contributed by atoms with Gasteiger partial charge in [-0.05, 0) is 88.6 Å². The number of benzene rings is 2. The molecule has 4 aromatic rings. The lowest BCUT2D eigenvalue weighted by Gasteiger charge is -2.29. The van der Waals surface area contributed by atoms with Crippen molar-refractivity contribution in [3.8, 4) is 17.2 Å². The van der Waals surface area contributed by atoms with Crippen molar-refractivity contribution in [1.82, 2.24) is 19.8 Å². The van der Waals surface area contributed by atoms with Crippen molar-refractivity contribution >= 4 is 28.7 Å². The fraction of sp³-hybridized carbons (Fsp3) is 0.323. The summed E-state index contributed by atoms with van der Waals surface area (Å²) in [5.41, 5.74) is 2.55. The smallest absolute Gasteiger partial charge is 0.325 e. The molecule has 2 aromatic heterocycles. The van der Waals surface area contributed by atoms with Crippen LogP contribution in [0.25, 0.3) is 10.9 Å². The van der Waals surface area contributed by atoms with E-state index in [0.717, 1.165) is 31.3 Å². The zero-order valence-corrected chi connectivity index (χ0v) is 23.3. The molecule has 1 saturated heterocycles. The van der Waals surface area contributed by atoms with Crippen molar-refractivity contribution in [1.29, 1.82) is 0 Å².